The average Bonchev–Trinajstić information content (AvgIpc) is 3.29. The van der Waals surface area contributed by atoms with E-state index < -0.39 is 126 Å². The fraction of sp³-hybridized carbons (Fsp3) is 0.650. The topological polar surface area (TPSA) is 207 Å². The van der Waals surface area contributed by atoms with Crippen molar-refractivity contribution in [3.63, 3.8) is 0 Å². The van der Waals surface area contributed by atoms with Crippen LogP contribution in [-0.4, -0.2) is 106 Å². The van der Waals surface area contributed by atoms with Gasteiger partial charge in [0.05, 0.1) is 11.5 Å². The lowest BCUT2D eigenvalue weighted by molar-refractivity contribution is -0.266. The first-order valence-electron chi connectivity index (χ1n) is 18.5. The molecule has 15 nitrogen and oxygen atoms in total. The molecule has 0 spiro atoms. The van der Waals surface area contributed by atoms with Gasteiger partial charge in [-0.1, -0.05) is 58.0 Å². The number of ether oxygens (including phenoxy) is 7. The van der Waals surface area contributed by atoms with Crippen LogP contribution in [0.5, 0.6) is 0 Å². The molecule has 2 fully saturated rings. The Balaban J connectivity index is 2.28. The maximum absolute atomic E-state index is 14.3. The maximum atomic E-state index is 14.3. The standard InChI is InChI=1S/C40H54O15/c1-10-20-49-35-30(50-23(3)41)34(52-25(5)43)37(7,8)18-16-22(2)32(51-24(4)42)39(48)21-38(9)31(46)29(39)33(53-36(47)27-14-12-11-13-15-27)40(35,54-26(6)44)19-17-28(45)55-38/h11-16,18,22,29-35,46,48H,10,17,19-21H2,1-9H3/b18-16+/t22-,29-,30+,31+,32-,33+,34+,35+,38+,39+,40?/m0/s1. The summed E-state index contributed by atoms with van der Waals surface area (Å²) in [6.45, 7) is 12.5. The highest BCUT2D eigenvalue weighted by atomic mass is 16.6. The van der Waals surface area contributed by atoms with E-state index in [0.29, 0.717) is 6.42 Å². The van der Waals surface area contributed by atoms with Crippen LogP contribution in [0.3, 0.4) is 0 Å². The maximum Gasteiger partial charge on any atom is 0.338 e. The number of carbonyl (C=O) groups excluding carboxylic acids is 6. The van der Waals surface area contributed by atoms with Gasteiger partial charge in [0.25, 0.3) is 0 Å². The van der Waals surface area contributed by atoms with Crippen molar-refractivity contribution in [1.82, 2.24) is 0 Å². The molecule has 55 heavy (non-hydrogen) atoms. The van der Waals surface area contributed by atoms with Crippen molar-refractivity contribution >= 4 is 35.8 Å². The number of carbonyl (C=O) groups is 6. The lowest BCUT2D eigenvalue weighted by Crippen LogP contribution is -2.70. The third kappa shape index (κ3) is 9.05. The Hall–Kier alpha value is -4.34. The van der Waals surface area contributed by atoms with E-state index in [1.54, 1.807) is 58.0 Å². The van der Waals surface area contributed by atoms with Crippen molar-refractivity contribution in [3.05, 3.63) is 48.0 Å². The molecule has 15 heteroatoms. The van der Waals surface area contributed by atoms with Crippen LogP contribution < -0.4 is 0 Å². The highest BCUT2D eigenvalue weighted by Crippen LogP contribution is 2.56. The van der Waals surface area contributed by atoms with Crippen LogP contribution in [0.2, 0.25) is 0 Å². The quantitative estimate of drug-likeness (QED) is 0.209. The molecule has 0 radical (unpaired) electrons. The molecule has 1 saturated carbocycles. The van der Waals surface area contributed by atoms with E-state index in [1.807, 2.05) is 0 Å². The summed E-state index contributed by atoms with van der Waals surface area (Å²) in [6, 6.07) is 7.74. The van der Waals surface area contributed by atoms with Crippen LogP contribution in [0.25, 0.3) is 0 Å². The van der Waals surface area contributed by atoms with Crippen molar-refractivity contribution in [1.29, 1.82) is 0 Å². The van der Waals surface area contributed by atoms with Crippen molar-refractivity contribution in [2.75, 3.05) is 6.61 Å². The SMILES string of the molecule is CCCO[C@@H]1[C@H](OC(C)=O)[C@@H](OC(C)=O)C(C)(C)/C=C/[C@H](C)[C@H](OC(C)=O)[C@@]2(O)C[C@@]3(C)OC(=O)CCC1(OC(C)=O)[C@H](OC(=O)c1ccccc1)[C@@H]2[C@H]3O. The van der Waals surface area contributed by atoms with Crippen LogP contribution in [0, 0.1) is 17.3 Å². The molecule has 0 aromatic heterocycles. The summed E-state index contributed by atoms with van der Waals surface area (Å²) < 4.78 is 43.0. The molecule has 3 aliphatic rings. The summed E-state index contributed by atoms with van der Waals surface area (Å²) in [5.74, 6) is -7.96. The van der Waals surface area contributed by atoms with E-state index in [9.17, 15) is 39.0 Å². The van der Waals surface area contributed by atoms with E-state index >= 15 is 0 Å². The first-order chi connectivity index (χ1) is 25.6. The Morgan fingerprint density at radius 2 is 1.44 bits per heavy atom. The molecular weight excluding hydrogens is 720 g/mol. The summed E-state index contributed by atoms with van der Waals surface area (Å²) in [5, 5.41) is 25.7. The van der Waals surface area contributed by atoms with Gasteiger partial charge in [-0.3, -0.25) is 24.0 Å². The molecule has 1 heterocycles. The predicted molar refractivity (Wildman–Crippen MR) is 192 cm³/mol. The van der Waals surface area contributed by atoms with Crippen molar-refractivity contribution < 1.29 is 72.1 Å². The molecule has 11 atom stereocenters. The molecule has 2 aliphatic carbocycles. The summed E-state index contributed by atoms with van der Waals surface area (Å²) in [6.07, 6.45) is -8.16. The van der Waals surface area contributed by atoms with Crippen LogP contribution in [0.1, 0.15) is 98.4 Å². The lowest BCUT2D eigenvalue weighted by atomic mass is 9.66. The third-order valence-electron chi connectivity index (χ3n) is 10.6. The number of aliphatic hydroxyl groups excluding tert-OH is 1. The Kier molecular flexibility index (Phi) is 13.3. The van der Waals surface area contributed by atoms with Crippen LogP contribution in [-0.2, 0) is 57.1 Å². The molecular formula is C40H54O15. The van der Waals surface area contributed by atoms with Crippen molar-refractivity contribution in [2.24, 2.45) is 17.3 Å². The number of benzene rings is 1. The molecule has 1 aromatic rings. The zero-order valence-electron chi connectivity index (χ0n) is 32.9. The van der Waals surface area contributed by atoms with Crippen LogP contribution >= 0.6 is 0 Å². The van der Waals surface area contributed by atoms with Gasteiger partial charge in [0.1, 0.15) is 35.6 Å². The first kappa shape index (κ1) is 43.4. The molecule has 3 bridgehead atoms. The highest BCUT2D eigenvalue weighted by Gasteiger charge is 2.73. The van der Waals surface area contributed by atoms with Gasteiger partial charge in [0.2, 0.25) is 0 Å². The molecule has 0 amide bonds. The minimum Gasteiger partial charge on any atom is -0.459 e. The molecule has 304 valence electrons. The van der Waals surface area contributed by atoms with Crippen molar-refractivity contribution in [3.8, 4) is 0 Å². The lowest BCUT2D eigenvalue weighted by Gasteiger charge is -2.53. The minimum atomic E-state index is -2.43. The molecule has 1 aromatic carbocycles. The average molecular weight is 775 g/mol. The normalized spacial score (nSPS) is 36.2. The Morgan fingerprint density at radius 3 is 2.00 bits per heavy atom. The van der Waals surface area contributed by atoms with Gasteiger partial charge in [-0.15, -0.1) is 0 Å². The van der Waals surface area contributed by atoms with Gasteiger partial charge in [0.15, 0.2) is 17.8 Å². The number of rotatable bonds is 9. The smallest absolute Gasteiger partial charge is 0.338 e. The van der Waals surface area contributed by atoms with Gasteiger partial charge < -0.3 is 43.4 Å². The van der Waals surface area contributed by atoms with Crippen LogP contribution in [0.4, 0.5) is 0 Å². The number of aliphatic hydroxyl groups is 2. The van der Waals surface area contributed by atoms with Gasteiger partial charge in [-0.2, -0.15) is 0 Å². The fourth-order valence-electron chi connectivity index (χ4n) is 8.47. The Labute approximate surface area is 320 Å². The summed E-state index contributed by atoms with van der Waals surface area (Å²) >= 11 is 0. The largest absolute Gasteiger partial charge is 0.459 e. The van der Waals surface area contributed by atoms with E-state index in [-0.39, 0.29) is 12.2 Å². The molecule has 2 N–H and O–H groups in total. The van der Waals surface area contributed by atoms with Gasteiger partial charge in [-0.05, 0) is 25.5 Å². The van der Waals surface area contributed by atoms with Gasteiger partial charge in [0, 0.05) is 64.9 Å². The molecule has 1 aliphatic heterocycles. The van der Waals surface area contributed by atoms with Crippen molar-refractivity contribution in [2.45, 2.75) is 141 Å². The second-order valence-electron chi connectivity index (χ2n) is 15.6. The second-order valence-corrected chi connectivity index (χ2v) is 15.6. The van der Waals surface area contributed by atoms with Gasteiger partial charge in [-0.25, -0.2) is 4.79 Å². The number of esters is 6. The number of hydrogen-bond acceptors (Lipinski definition) is 15. The van der Waals surface area contributed by atoms with Gasteiger partial charge >= 0.3 is 35.8 Å². The molecule has 4 rings (SSSR count). The number of hydrogen-bond donors (Lipinski definition) is 2. The van der Waals surface area contributed by atoms with E-state index in [2.05, 4.69) is 0 Å². The monoisotopic (exact) mass is 774 g/mol. The minimum absolute atomic E-state index is 0.0284. The predicted octanol–water partition coefficient (Wildman–Crippen LogP) is 3.54. The van der Waals surface area contributed by atoms with E-state index in [4.69, 9.17) is 33.2 Å². The molecule has 1 unspecified atom stereocenters. The summed E-state index contributed by atoms with van der Waals surface area (Å²) in [5.41, 5.74) is -7.93. The van der Waals surface area contributed by atoms with E-state index in [1.165, 1.54) is 19.1 Å². The third-order valence-corrected chi connectivity index (χ3v) is 10.6. The van der Waals surface area contributed by atoms with Crippen LogP contribution in [0.15, 0.2) is 42.5 Å². The Bertz CT molecular complexity index is 1640. The zero-order chi connectivity index (χ0) is 41.1. The second kappa shape index (κ2) is 16.8. The zero-order valence-corrected chi connectivity index (χ0v) is 32.9. The summed E-state index contributed by atoms with van der Waals surface area (Å²) in [7, 11) is 0. The number of fused-ring (bicyclic) bond motifs is 2. The fourth-order valence-corrected chi connectivity index (χ4v) is 8.47. The summed E-state index contributed by atoms with van der Waals surface area (Å²) in [4.78, 5) is 80.5. The Morgan fingerprint density at radius 1 is 0.836 bits per heavy atom. The molecule has 1 saturated heterocycles. The highest BCUT2D eigenvalue weighted by molar-refractivity contribution is 5.89. The van der Waals surface area contributed by atoms with E-state index in [0.717, 1.165) is 27.7 Å². The first-order valence-corrected chi connectivity index (χ1v) is 18.5.